The van der Waals surface area contributed by atoms with Crippen molar-refractivity contribution >= 4 is 47.4 Å². The molecule has 0 atom stereocenters. The number of hydrogen-bond acceptors (Lipinski definition) is 6. The van der Waals surface area contributed by atoms with E-state index in [9.17, 15) is 0 Å². The Bertz CT molecular complexity index is 892. The maximum Gasteiger partial charge on any atom is 0.209 e. The Morgan fingerprint density at radius 2 is 1.86 bits per heavy atom. The number of aromatic nitrogens is 4. The van der Waals surface area contributed by atoms with Crippen LogP contribution in [0.25, 0.3) is 0 Å². The van der Waals surface area contributed by atoms with Crippen LogP contribution >= 0.6 is 47.4 Å². The molecule has 0 aliphatic carbocycles. The Balaban J connectivity index is 0.00000300. The third-order valence-electron chi connectivity index (χ3n) is 3.96. The molecule has 0 saturated heterocycles. The summed E-state index contributed by atoms with van der Waals surface area (Å²) in [7, 11) is 1.84. The van der Waals surface area contributed by atoms with Crippen molar-refractivity contribution in [3.8, 4) is 5.75 Å². The minimum Gasteiger partial charge on any atom is -0.489 e. The fourth-order valence-electron chi connectivity index (χ4n) is 2.50. The second-order valence-electron chi connectivity index (χ2n) is 6.13. The Kier molecular flexibility index (Phi) is 10.0. The van der Waals surface area contributed by atoms with Gasteiger partial charge in [-0.05, 0) is 59.3 Å². The number of benzene rings is 2. The fourth-order valence-corrected chi connectivity index (χ4v) is 3.61. The first kappa shape index (κ1) is 23.8. The van der Waals surface area contributed by atoms with Gasteiger partial charge in [-0.3, -0.25) is 0 Å². The zero-order valence-electron chi connectivity index (χ0n) is 15.8. The average molecular weight is 475 g/mol. The summed E-state index contributed by atoms with van der Waals surface area (Å²) >= 11 is 13.7. The lowest BCUT2D eigenvalue weighted by atomic mass is 10.2. The van der Waals surface area contributed by atoms with Gasteiger partial charge in [0, 0.05) is 35.0 Å². The molecule has 0 radical (unpaired) electrons. The molecule has 1 aromatic heterocycles. The number of nitrogens with zero attached hydrogens (tertiary/aromatic N) is 4. The largest absolute Gasteiger partial charge is 0.489 e. The summed E-state index contributed by atoms with van der Waals surface area (Å²) in [5, 5.41) is 17.1. The molecule has 6 nitrogen and oxygen atoms in total. The van der Waals surface area contributed by atoms with Gasteiger partial charge in [0.05, 0.1) is 0 Å². The fraction of sp³-hybridized carbons (Fsp3) is 0.316. The van der Waals surface area contributed by atoms with E-state index in [0.29, 0.717) is 23.2 Å². The van der Waals surface area contributed by atoms with E-state index in [1.165, 1.54) is 0 Å². The molecule has 3 rings (SSSR count). The first-order valence-corrected chi connectivity index (χ1v) is 10.6. The molecule has 1 N–H and O–H groups in total. The van der Waals surface area contributed by atoms with Crippen LogP contribution < -0.4 is 10.1 Å². The number of rotatable bonds is 10. The summed E-state index contributed by atoms with van der Waals surface area (Å²) in [6.07, 6.45) is 0.999. The van der Waals surface area contributed by atoms with Crippen LogP contribution in [0.2, 0.25) is 10.0 Å². The average Bonchev–Trinajstić information content (AvgIpc) is 3.10. The van der Waals surface area contributed by atoms with Gasteiger partial charge in [-0.1, -0.05) is 47.1 Å². The smallest absolute Gasteiger partial charge is 0.209 e. The summed E-state index contributed by atoms with van der Waals surface area (Å²) in [5.41, 5.74) is 2.10. The van der Waals surface area contributed by atoms with Crippen molar-refractivity contribution < 1.29 is 4.74 Å². The zero-order valence-corrected chi connectivity index (χ0v) is 19.0. The van der Waals surface area contributed by atoms with Crippen LogP contribution in [0.1, 0.15) is 17.5 Å². The lowest BCUT2D eigenvalue weighted by molar-refractivity contribution is 0.302. The van der Waals surface area contributed by atoms with Gasteiger partial charge in [-0.25, -0.2) is 4.68 Å². The molecule has 29 heavy (non-hydrogen) atoms. The molecule has 0 fully saturated rings. The molecule has 0 saturated carbocycles. The van der Waals surface area contributed by atoms with Crippen LogP contribution in [0.15, 0.2) is 47.6 Å². The van der Waals surface area contributed by atoms with Crippen molar-refractivity contribution in [1.82, 2.24) is 25.5 Å². The molecule has 0 aliphatic rings. The molecular formula is C19H22Cl3N5OS. The molecule has 1 heterocycles. The molecule has 10 heteroatoms. The van der Waals surface area contributed by atoms with Gasteiger partial charge in [0.15, 0.2) is 0 Å². The van der Waals surface area contributed by atoms with Crippen LogP contribution in [0.3, 0.4) is 0 Å². The Morgan fingerprint density at radius 3 is 2.59 bits per heavy atom. The second kappa shape index (κ2) is 12.2. The lowest BCUT2D eigenvalue weighted by Gasteiger charge is -2.13. The van der Waals surface area contributed by atoms with Crippen LogP contribution in [0.4, 0.5) is 0 Å². The Morgan fingerprint density at radius 1 is 1.10 bits per heavy atom. The third-order valence-corrected chi connectivity index (χ3v) is 5.54. The van der Waals surface area contributed by atoms with Crippen LogP contribution in [-0.4, -0.2) is 32.5 Å². The summed E-state index contributed by atoms with van der Waals surface area (Å²) in [6.45, 7) is 2.04. The molecule has 0 bridgehead atoms. The van der Waals surface area contributed by atoms with Crippen molar-refractivity contribution in [3.05, 3.63) is 63.6 Å². The van der Waals surface area contributed by atoms with Crippen molar-refractivity contribution in [2.24, 2.45) is 7.05 Å². The Labute approximate surface area is 190 Å². The number of ether oxygens (including phenoxy) is 1. The van der Waals surface area contributed by atoms with Crippen molar-refractivity contribution in [2.75, 3.05) is 12.3 Å². The Hall–Kier alpha value is -1.51. The SMILES string of the molecule is Cl.Cn1nnnc1SCCCNCc1cc(Cl)ccc1OCc1ccc(Cl)cc1. The summed E-state index contributed by atoms with van der Waals surface area (Å²) in [6, 6.07) is 13.3. The molecule has 3 aromatic rings. The highest BCUT2D eigenvalue weighted by molar-refractivity contribution is 7.99. The van der Waals surface area contributed by atoms with Gasteiger partial charge in [-0.15, -0.1) is 17.5 Å². The van der Waals surface area contributed by atoms with E-state index >= 15 is 0 Å². The van der Waals surface area contributed by atoms with Crippen molar-refractivity contribution in [2.45, 2.75) is 24.7 Å². The highest BCUT2D eigenvalue weighted by Gasteiger charge is 2.06. The predicted octanol–water partition coefficient (Wildman–Crippen LogP) is 4.79. The summed E-state index contributed by atoms with van der Waals surface area (Å²) in [4.78, 5) is 0. The van der Waals surface area contributed by atoms with Gasteiger partial charge in [-0.2, -0.15) is 0 Å². The highest BCUT2D eigenvalue weighted by Crippen LogP contribution is 2.24. The molecule has 0 amide bonds. The molecule has 0 spiro atoms. The van der Waals surface area contributed by atoms with Gasteiger partial charge in [0.25, 0.3) is 0 Å². The van der Waals surface area contributed by atoms with Crippen LogP contribution in [0, 0.1) is 0 Å². The minimum absolute atomic E-state index is 0. The number of nitrogens with one attached hydrogen (secondary N) is 1. The topological polar surface area (TPSA) is 64.9 Å². The number of aryl methyl sites for hydroxylation is 1. The maximum absolute atomic E-state index is 6.16. The number of hydrogen-bond donors (Lipinski definition) is 1. The van der Waals surface area contributed by atoms with Crippen molar-refractivity contribution in [1.29, 1.82) is 0 Å². The highest BCUT2D eigenvalue weighted by atomic mass is 35.5. The molecule has 0 aliphatic heterocycles. The normalized spacial score (nSPS) is 10.6. The van der Waals surface area contributed by atoms with Gasteiger partial charge in [0.1, 0.15) is 12.4 Å². The van der Waals surface area contributed by atoms with Gasteiger partial charge in [0.2, 0.25) is 5.16 Å². The van der Waals surface area contributed by atoms with Crippen molar-refractivity contribution in [3.63, 3.8) is 0 Å². The molecule has 156 valence electrons. The zero-order chi connectivity index (χ0) is 19.8. The van der Waals surface area contributed by atoms with E-state index in [2.05, 4.69) is 20.8 Å². The van der Waals surface area contributed by atoms with E-state index < -0.39 is 0 Å². The molecule has 2 aromatic carbocycles. The molecular weight excluding hydrogens is 453 g/mol. The quantitative estimate of drug-likeness (QED) is 0.337. The summed E-state index contributed by atoms with van der Waals surface area (Å²) in [5.74, 6) is 1.77. The van der Waals surface area contributed by atoms with E-state index in [1.807, 2.05) is 49.5 Å². The first-order chi connectivity index (χ1) is 13.6. The second-order valence-corrected chi connectivity index (χ2v) is 8.07. The standard InChI is InChI=1S/C19H21Cl2N5OS.ClH/c1-26-19(23-24-25-26)28-10-2-9-22-12-15-11-17(21)7-8-18(15)27-13-14-3-5-16(20)6-4-14;/h3-8,11,22H,2,9-10,12-13H2,1H3;1H. The maximum atomic E-state index is 6.16. The lowest BCUT2D eigenvalue weighted by Crippen LogP contribution is -2.16. The molecule has 0 unspecified atom stereocenters. The van der Waals surface area contributed by atoms with Gasteiger partial charge >= 0.3 is 0 Å². The van der Waals surface area contributed by atoms with E-state index in [-0.39, 0.29) is 12.4 Å². The van der Waals surface area contributed by atoms with Gasteiger partial charge < -0.3 is 10.1 Å². The van der Waals surface area contributed by atoms with Crippen LogP contribution in [0.5, 0.6) is 5.75 Å². The number of tetrazole rings is 1. The number of thioether (sulfide) groups is 1. The summed E-state index contributed by atoms with van der Waals surface area (Å²) < 4.78 is 7.66. The first-order valence-electron chi connectivity index (χ1n) is 8.83. The third kappa shape index (κ3) is 7.68. The monoisotopic (exact) mass is 473 g/mol. The van der Waals surface area contributed by atoms with E-state index in [0.717, 1.165) is 40.8 Å². The number of halogens is 3. The van der Waals surface area contributed by atoms with Crippen LogP contribution in [-0.2, 0) is 20.2 Å². The van der Waals surface area contributed by atoms with E-state index in [4.69, 9.17) is 27.9 Å². The predicted molar refractivity (Wildman–Crippen MR) is 120 cm³/mol. The van der Waals surface area contributed by atoms with E-state index in [1.54, 1.807) is 16.4 Å². The minimum atomic E-state index is 0.